The van der Waals surface area contributed by atoms with E-state index in [2.05, 4.69) is 53.3 Å². The Bertz CT molecular complexity index is 2970. The van der Waals surface area contributed by atoms with Crippen molar-refractivity contribution >= 4 is 45.9 Å². The van der Waals surface area contributed by atoms with E-state index < -0.39 is 48.3 Å². The van der Waals surface area contributed by atoms with Gasteiger partial charge in [-0.1, -0.05) is 39.8 Å². The van der Waals surface area contributed by atoms with Gasteiger partial charge in [0.1, 0.15) is 24.7 Å². The first-order valence-electron chi connectivity index (χ1n) is 30.6. The molecule has 2 aliphatic carbocycles. The summed E-state index contributed by atoms with van der Waals surface area (Å²) in [5, 5.41) is 5.42. The van der Waals surface area contributed by atoms with Crippen LogP contribution < -0.4 is 15.6 Å². The summed E-state index contributed by atoms with van der Waals surface area (Å²) in [4.78, 5) is 76.7. The molecule has 2 aromatic heterocycles. The number of pyridine rings is 1. The molecule has 17 nitrogen and oxygen atoms in total. The molecule has 0 radical (unpaired) electrons. The monoisotopic (exact) mass is 1140 g/mol. The predicted molar refractivity (Wildman–Crippen MR) is 307 cm³/mol. The minimum atomic E-state index is -4.58. The standard InChI is InChI=1S/C62H86F3N11O6/c1-38(2)52(73-22-18-61(34-73)19-23-74(35-61)58(79)55-53(69(55)6)40-12-13-40)56(77)67-49-33-70-20-8-10-42(32-70)41-14-17-50-45(28-41)47(30-60(4,5)37-82-59(80)48-11-9-21-76(68-48)57(49)78)54(75(50)36-62(63,64)65)46-29-44(31-66-51(46)39(3)81-7)72-26-24-71(25-27-72)43-15-16-43/h10,14,17,28-29,31,38-40,43,48-49,52-53,55,68H,8-9,11-13,15-16,18-27,30,32-37H2,1-7H3,(H,67,77)/t39-,48-,49-,52-,53+,55+,61-,69?/m0/s1. The number of halogens is 3. The summed E-state index contributed by atoms with van der Waals surface area (Å²) in [7, 11) is 3.65. The van der Waals surface area contributed by atoms with Gasteiger partial charge in [0, 0.05) is 118 Å². The average molecular weight is 1140 g/mol. The van der Waals surface area contributed by atoms with Crippen LogP contribution in [0.1, 0.15) is 115 Å². The molecule has 3 aromatic rings. The molecule has 9 aliphatic rings. The minimum absolute atomic E-state index is 0.0121. The highest BCUT2D eigenvalue weighted by atomic mass is 19.4. The van der Waals surface area contributed by atoms with Gasteiger partial charge in [-0.3, -0.25) is 48.8 Å². The van der Waals surface area contributed by atoms with Crippen LogP contribution in [0.25, 0.3) is 27.7 Å². The molecule has 6 bridgehead atoms. The molecule has 20 heteroatoms. The molecule has 5 saturated heterocycles. The van der Waals surface area contributed by atoms with E-state index in [9.17, 15) is 9.59 Å². The Balaban J connectivity index is 0.864. The quantitative estimate of drug-likeness (QED) is 0.150. The van der Waals surface area contributed by atoms with Gasteiger partial charge in [-0.2, -0.15) is 13.2 Å². The molecule has 3 amide bonds. The third-order valence-corrected chi connectivity index (χ3v) is 19.8. The lowest BCUT2D eigenvalue weighted by Gasteiger charge is -2.38. The number of hydrogen-bond acceptors (Lipinski definition) is 13. The number of hydrogen-bond donors (Lipinski definition) is 2. The molecular weight excluding hydrogens is 1050 g/mol. The van der Waals surface area contributed by atoms with Crippen LogP contribution in [0.3, 0.4) is 0 Å². The number of likely N-dealkylation sites (N-methyl/N-ethyl adjacent to an activating group) is 1. The fourth-order valence-electron chi connectivity index (χ4n) is 15.0. The van der Waals surface area contributed by atoms with Crippen LogP contribution >= 0.6 is 0 Å². The number of methoxy groups -OCH3 is 1. The van der Waals surface area contributed by atoms with E-state index in [-0.39, 0.29) is 54.7 Å². The Kier molecular flexibility index (Phi) is 15.6. The average Bonchev–Trinajstić information content (AvgIpc) is 3.05. The first-order chi connectivity index (χ1) is 39.2. The maximum atomic E-state index is 15.2. The summed E-state index contributed by atoms with van der Waals surface area (Å²) in [5.74, 6) is -0.297. The molecule has 2 N–H and O–H groups in total. The Morgan fingerprint density at radius 2 is 1.72 bits per heavy atom. The second-order valence-electron chi connectivity index (χ2n) is 27.0. The van der Waals surface area contributed by atoms with Crippen molar-refractivity contribution in [3.05, 3.63) is 53.4 Å². The Morgan fingerprint density at radius 1 is 0.951 bits per heavy atom. The number of carbonyl (C=O) groups is 4. The van der Waals surface area contributed by atoms with Crippen LogP contribution in [0.4, 0.5) is 18.9 Å². The molecule has 7 aliphatic heterocycles. The van der Waals surface area contributed by atoms with E-state index >= 15 is 22.8 Å². The number of cyclic esters (lactones) is 1. The summed E-state index contributed by atoms with van der Waals surface area (Å²) >= 11 is 0. The Hall–Kier alpha value is -5.12. The number of aromatic nitrogens is 2. The van der Waals surface area contributed by atoms with Gasteiger partial charge < -0.3 is 29.2 Å². The van der Waals surface area contributed by atoms with E-state index in [1.165, 1.54) is 35.3 Å². The second kappa shape index (κ2) is 22.4. The number of piperazine rings is 1. The fourth-order valence-corrected chi connectivity index (χ4v) is 15.0. The van der Waals surface area contributed by atoms with Crippen molar-refractivity contribution in [3.8, 4) is 11.3 Å². The van der Waals surface area contributed by atoms with Gasteiger partial charge in [0.15, 0.2) is 0 Å². The van der Waals surface area contributed by atoms with Gasteiger partial charge >= 0.3 is 12.1 Å². The fraction of sp³-hybridized carbons (Fsp3) is 0.694. The van der Waals surface area contributed by atoms with Crippen LogP contribution in [-0.2, 0) is 41.6 Å². The molecule has 7 fully saturated rings. The number of nitrogens with one attached hydrogen (secondary N) is 2. The van der Waals surface area contributed by atoms with Gasteiger partial charge in [-0.25, -0.2) is 5.43 Å². The summed E-state index contributed by atoms with van der Waals surface area (Å²) < 4.78 is 59.2. The van der Waals surface area contributed by atoms with Crippen molar-refractivity contribution in [3.63, 3.8) is 0 Å². The van der Waals surface area contributed by atoms with Gasteiger partial charge in [-0.05, 0) is 131 Å². The number of fused-ring (bicyclic) bond motifs is 6. The van der Waals surface area contributed by atoms with Gasteiger partial charge in [0.2, 0.25) is 11.8 Å². The molecule has 2 saturated carbocycles. The van der Waals surface area contributed by atoms with Crippen molar-refractivity contribution in [1.29, 1.82) is 0 Å². The lowest BCUT2D eigenvalue weighted by Crippen LogP contribution is -2.63. The number of rotatable bonds is 12. The van der Waals surface area contributed by atoms with Crippen molar-refractivity contribution < 1.29 is 41.8 Å². The first-order valence-corrected chi connectivity index (χ1v) is 30.6. The Labute approximate surface area is 481 Å². The molecule has 2 unspecified atom stereocenters. The van der Waals surface area contributed by atoms with Crippen molar-refractivity contribution in [1.82, 2.24) is 49.8 Å². The largest absolute Gasteiger partial charge is 0.464 e. The SMILES string of the molecule is CO[C@@H](C)c1ncc(N2CCN(C3CC3)CC2)cc1-c1c2c3cc(ccc3n1CC(F)(F)F)C1=CCCN(C1)C[C@H](NC(=O)[C@H](C(C)C)N1CC[C@]3(CCN(C(=O)[C@H]4[C@@H](C5CC5)N4C)C3)C1)C(=O)N1CCC[C@H](N1)C(=O)OCC(C)(C)C2. The highest BCUT2D eigenvalue weighted by Crippen LogP contribution is 2.49. The molecule has 1 spiro atoms. The molecule has 9 atom stereocenters. The molecule has 12 rings (SSSR count). The molecule has 1 aromatic carbocycles. The predicted octanol–water partition coefficient (Wildman–Crippen LogP) is 6.49. The number of alkyl halides is 3. The van der Waals surface area contributed by atoms with Crippen molar-refractivity contribution in [2.24, 2.45) is 22.7 Å². The van der Waals surface area contributed by atoms with E-state index in [0.717, 1.165) is 62.4 Å². The number of nitrogens with zero attached hydrogens (tertiary/aromatic N) is 9. The van der Waals surface area contributed by atoms with Gasteiger partial charge in [0.05, 0.1) is 42.0 Å². The van der Waals surface area contributed by atoms with Crippen molar-refractivity contribution in [2.45, 2.75) is 154 Å². The number of benzene rings is 1. The topological polar surface area (TPSA) is 151 Å². The van der Waals surface area contributed by atoms with Crippen LogP contribution in [0.5, 0.6) is 0 Å². The normalized spacial score (nSPS) is 30.2. The number of ether oxygens (including phenoxy) is 2. The molecule has 446 valence electrons. The highest BCUT2D eigenvalue weighted by Gasteiger charge is 2.59. The number of anilines is 1. The molecular formula is C62H86F3N11O6. The number of amides is 3. The number of carbonyl (C=O) groups excluding carboxylic acids is 4. The smallest absolute Gasteiger partial charge is 0.406 e. The minimum Gasteiger partial charge on any atom is -0.464 e. The third kappa shape index (κ3) is 11.7. The van der Waals surface area contributed by atoms with Gasteiger partial charge in [-0.15, -0.1) is 0 Å². The second-order valence-corrected chi connectivity index (χ2v) is 27.0. The van der Waals surface area contributed by atoms with E-state index in [1.807, 2.05) is 59.0 Å². The zero-order valence-electron chi connectivity index (χ0n) is 49.2. The Morgan fingerprint density at radius 3 is 2.44 bits per heavy atom. The summed E-state index contributed by atoms with van der Waals surface area (Å²) in [6.07, 6.45) is 7.35. The highest BCUT2D eigenvalue weighted by molar-refractivity contribution is 5.95. The van der Waals surface area contributed by atoms with Crippen LogP contribution in [0, 0.1) is 22.7 Å². The maximum Gasteiger partial charge on any atom is 0.406 e. The van der Waals surface area contributed by atoms with Crippen LogP contribution in [0.15, 0.2) is 36.5 Å². The summed E-state index contributed by atoms with van der Waals surface area (Å²) in [6.45, 7) is 16.3. The zero-order chi connectivity index (χ0) is 57.6. The van der Waals surface area contributed by atoms with Crippen LogP contribution in [-0.4, -0.2) is 204 Å². The summed E-state index contributed by atoms with van der Waals surface area (Å²) in [5.41, 5.74) is 7.63. The van der Waals surface area contributed by atoms with E-state index in [4.69, 9.17) is 14.5 Å². The lowest BCUT2D eigenvalue weighted by atomic mass is 9.84. The maximum absolute atomic E-state index is 15.2. The van der Waals surface area contributed by atoms with Crippen LogP contribution in [0.2, 0.25) is 0 Å². The number of hydrazine groups is 1. The first kappa shape index (κ1) is 57.3. The number of esters is 1. The van der Waals surface area contributed by atoms with E-state index in [0.29, 0.717) is 110 Å². The molecule has 9 heterocycles. The number of likely N-dealkylation sites (tertiary alicyclic amines) is 2. The lowest BCUT2D eigenvalue weighted by molar-refractivity contribution is -0.155. The molecule has 82 heavy (non-hydrogen) atoms. The van der Waals surface area contributed by atoms with Gasteiger partial charge in [0.25, 0.3) is 5.91 Å². The zero-order valence-corrected chi connectivity index (χ0v) is 49.2. The van der Waals surface area contributed by atoms with Crippen molar-refractivity contribution in [2.75, 3.05) is 104 Å². The third-order valence-electron chi connectivity index (χ3n) is 19.8. The van der Waals surface area contributed by atoms with E-state index in [1.54, 1.807) is 13.2 Å². The summed E-state index contributed by atoms with van der Waals surface area (Å²) in [6, 6.07) is 6.38.